The number of hydrogen-bond donors (Lipinski definition) is 1. The second kappa shape index (κ2) is 8.28. The molecule has 0 bridgehead atoms. The zero-order chi connectivity index (χ0) is 15.1. The van der Waals surface area contributed by atoms with E-state index in [2.05, 4.69) is 55.3 Å². The Balaban J connectivity index is 1.89. The summed E-state index contributed by atoms with van der Waals surface area (Å²) in [5, 5.41) is 3.54. The molecule has 3 heteroatoms. The van der Waals surface area contributed by atoms with Crippen LogP contribution in [0.1, 0.15) is 40.0 Å². The van der Waals surface area contributed by atoms with Crippen LogP contribution in [0, 0.1) is 5.92 Å². The molecular weight excluding hydrogens is 260 g/mol. The minimum absolute atomic E-state index is 0.282. The summed E-state index contributed by atoms with van der Waals surface area (Å²) in [6, 6.07) is 8.56. The van der Waals surface area contributed by atoms with Gasteiger partial charge in [0.2, 0.25) is 0 Å². The molecule has 0 aliphatic carbocycles. The smallest absolute Gasteiger partial charge is 0.121 e. The van der Waals surface area contributed by atoms with E-state index < -0.39 is 0 Å². The Hall–Kier alpha value is -1.22. The molecule has 118 valence electrons. The number of benzene rings is 1. The Morgan fingerprint density at radius 3 is 3.00 bits per heavy atom. The molecule has 1 aliphatic heterocycles. The molecule has 2 atom stereocenters. The molecule has 0 aromatic heterocycles. The molecule has 2 unspecified atom stereocenters. The Bertz CT molecular complexity index is 421. The van der Waals surface area contributed by atoms with Gasteiger partial charge in [-0.3, -0.25) is 0 Å². The van der Waals surface area contributed by atoms with Crippen molar-refractivity contribution in [2.45, 2.75) is 46.1 Å². The van der Waals surface area contributed by atoms with E-state index in [0.717, 1.165) is 44.3 Å². The van der Waals surface area contributed by atoms with E-state index in [1.54, 1.807) is 0 Å². The monoisotopic (exact) mass is 290 g/mol. The number of rotatable bonds is 8. The molecule has 0 spiro atoms. The molecule has 1 heterocycles. The number of ether oxygens (including phenoxy) is 1. The van der Waals surface area contributed by atoms with E-state index >= 15 is 0 Å². The van der Waals surface area contributed by atoms with Crippen molar-refractivity contribution in [2.75, 3.05) is 31.1 Å². The average Bonchev–Trinajstić information content (AvgIpc) is 2.96. The summed E-state index contributed by atoms with van der Waals surface area (Å²) in [5.41, 5.74) is 1.30. The van der Waals surface area contributed by atoms with Crippen molar-refractivity contribution in [2.24, 2.45) is 5.92 Å². The standard InChI is InChI=1S/C18H30N2O/c1-4-10-19-13-16-9-11-20(14-16)17-7-6-8-18(12-17)21-15(3)5-2/h6-8,12,15-16,19H,4-5,9-11,13-14H2,1-3H3. The minimum atomic E-state index is 0.282. The van der Waals surface area contributed by atoms with Crippen LogP contribution in [-0.2, 0) is 0 Å². The molecule has 0 radical (unpaired) electrons. The molecule has 0 amide bonds. The van der Waals surface area contributed by atoms with Gasteiger partial charge in [0.15, 0.2) is 0 Å². The van der Waals surface area contributed by atoms with Crippen LogP contribution in [0.2, 0.25) is 0 Å². The third-order valence-electron chi connectivity index (χ3n) is 4.24. The first kappa shape index (κ1) is 16.2. The van der Waals surface area contributed by atoms with Crippen LogP contribution >= 0.6 is 0 Å². The normalized spacial score (nSPS) is 19.8. The van der Waals surface area contributed by atoms with Gasteiger partial charge in [-0.25, -0.2) is 0 Å². The van der Waals surface area contributed by atoms with Gasteiger partial charge in [0.25, 0.3) is 0 Å². The lowest BCUT2D eigenvalue weighted by Crippen LogP contribution is -2.26. The topological polar surface area (TPSA) is 24.5 Å². The highest BCUT2D eigenvalue weighted by Gasteiger charge is 2.22. The SMILES string of the molecule is CCCNCC1CCN(c2cccc(OC(C)CC)c2)C1. The van der Waals surface area contributed by atoms with Gasteiger partial charge < -0.3 is 15.0 Å². The zero-order valence-corrected chi connectivity index (χ0v) is 13.8. The number of anilines is 1. The van der Waals surface area contributed by atoms with Gasteiger partial charge in [0.05, 0.1) is 6.10 Å². The van der Waals surface area contributed by atoms with Crippen LogP contribution in [0.4, 0.5) is 5.69 Å². The maximum atomic E-state index is 5.93. The third-order valence-corrected chi connectivity index (χ3v) is 4.24. The fourth-order valence-corrected chi connectivity index (χ4v) is 2.79. The highest BCUT2D eigenvalue weighted by molar-refractivity contribution is 5.51. The summed E-state index contributed by atoms with van der Waals surface area (Å²) in [6.45, 7) is 11.1. The Kier molecular flexibility index (Phi) is 6.37. The Labute approximate surface area is 129 Å². The lowest BCUT2D eigenvalue weighted by molar-refractivity contribution is 0.217. The van der Waals surface area contributed by atoms with Crippen molar-refractivity contribution >= 4 is 5.69 Å². The molecular formula is C18H30N2O. The van der Waals surface area contributed by atoms with Gasteiger partial charge in [-0.05, 0) is 57.3 Å². The zero-order valence-electron chi connectivity index (χ0n) is 13.8. The molecule has 1 aromatic rings. The van der Waals surface area contributed by atoms with Gasteiger partial charge in [0.1, 0.15) is 5.75 Å². The van der Waals surface area contributed by atoms with E-state index in [9.17, 15) is 0 Å². The predicted octanol–water partition coefficient (Wildman–Crippen LogP) is 3.69. The van der Waals surface area contributed by atoms with Crippen molar-refractivity contribution in [1.82, 2.24) is 5.32 Å². The van der Waals surface area contributed by atoms with E-state index in [0.29, 0.717) is 0 Å². The summed E-state index contributed by atoms with van der Waals surface area (Å²) >= 11 is 0. The van der Waals surface area contributed by atoms with Crippen molar-refractivity contribution in [1.29, 1.82) is 0 Å². The molecule has 1 saturated heterocycles. The molecule has 1 fully saturated rings. The summed E-state index contributed by atoms with van der Waals surface area (Å²) in [4.78, 5) is 2.49. The fourth-order valence-electron chi connectivity index (χ4n) is 2.79. The van der Waals surface area contributed by atoms with Crippen LogP contribution in [0.25, 0.3) is 0 Å². The highest BCUT2D eigenvalue weighted by atomic mass is 16.5. The van der Waals surface area contributed by atoms with E-state index in [1.165, 1.54) is 18.5 Å². The average molecular weight is 290 g/mol. The maximum absolute atomic E-state index is 5.93. The van der Waals surface area contributed by atoms with Gasteiger partial charge in [-0.15, -0.1) is 0 Å². The fraction of sp³-hybridized carbons (Fsp3) is 0.667. The summed E-state index contributed by atoms with van der Waals surface area (Å²) in [5.74, 6) is 1.77. The molecule has 3 nitrogen and oxygen atoms in total. The summed E-state index contributed by atoms with van der Waals surface area (Å²) < 4.78 is 5.93. The maximum Gasteiger partial charge on any atom is 0.121 e. The predicted molar refractivity (Wildman–Crippen MR) is 90.3 cm³/mol. The molecule has 1 aliphatic rings. The number of hydrogen-bond acceptors (Lipinski definition) is 3. The first-order chi connectivity index (χ1) is 10.2. The van der Waals surface area contributed by atoms with Crippen molar-refractivity contribution < 1.29 is 4.74 Å². The van der Waals surface area contributed by atoms with E-state index in [1.807, 2.05) is 0 Å². The van der Waals surface area contributed by atoms with Gasteiger partial charge in [-0.1, -0.05) is 19.9 Å². The van der Waals surface area contributed by atoms with Crippen LogP contribution in [0.5, 0.6) is 5.75 Å². The van der Waals surface area contributed by atoms with Crippen LogP contribution in [0.15, 0.2) is 24.3 Å². The van der Waals surface area contributed by atoms with Crippen molar-refractivity contribution in [3.8, 4) is 5.75 Å². The largest absolute Gasteiger partial charge is 0.491 e. The van der Waals surface area contributed by atoms with Crippen molar-refractivity contribution in [3.63, 3.8) is 0 Å². The Morgan fingerprint density at radius 1 is 1.38 bits per heavy atom. The van der Waals surface area contributed by atoms with E-state index in [4.69, 9.17) is 4.74 Å². The molecule has 0 saturated carbocycles. The first-order valence-electron chi connectivity index (χ1n) is 8.45. The van der Waals surface area contributed by atoms with Crippen LogP contribution in [0.3, 0.4) is 0 Å². The lowest BCUT2D eigenvalue weighted by atomic mass is 10.1. The lowest BCUT2D eigenvalue weighted by Gasteiger charge is -2.20. The third kappa shape index (κ3) is 4.92. The first-order valence-corrected chi connectivity index (χ1v) is 8.45. The summed E-state index contributed by atoms with van der Waals surface area (Å²) in [6.07, 6.45) is 3.82. The summed E-state index contributed by atoms with van der Waals surface area (Å²) in [7, 11) is 0. The second-order valence-corrected chi connectivity index (χ2v) is 6.14. The van der Waals surface area contributed by atoms with Gasteiger partial charge in [-0.2, -0.15) is 0 Å². The quantitative estimate of drug-likeness (QED) is 0.739. The van der Waals surface area contributed by atoms with Crippen LogP contribution in [-0.4, -0.2) is 32.3 Å². The highest BCUT2D eigenvalue weighted by Crippen LogP contribution is 2.27. The van der Waals surface area contributed by atoms with Gasteiger partial charge >= 0.3 is 0 Å². The molecule has 2 rings (SSSR count). The molecule has 1 N–H and O–H groups in total. The van der Waals surface area contributed by atoms with Crippen molar-refractivity contribution in [3.05, 3.63) is 24.3 Å². The Morgan fingerprint density at radius 2 is 2.24 bits per heavy atom. The minimum Gasteiger partial charge on any atom is -0.491 e. The molecule has 21 heavy (non-hydrogen) atoms. The van der Waals surface area contributed by atoms with Gasteiger partial charge in [0, 0.05) is 24.8 Å². The van der Waals surface area contributed by atoms with E-state index in [-0.39, 0.29) is 6.10 Å². The molecule has 1 aromatic carbocycles. The second-order valence-electron chi connectivity index (χ2n) is 6.14. The van der Waals surface area contributed by atoms with Crippen LogP contribution < -0.4 is 15.0 Å². The number of nitrogens with zero attached hydrogens (tertiary/aromatic N) is 1. The number of nitrogens with one attached hydrogen (secondary N) is 1.